The number of nitrogens with zero attached hydrogens (tertiary/aromatic N) is 1. The van der Waals surface area contributed by atoms with Crippen LogP contribution in [0.3, 0.4) is 0 Å². The van der Waals surface area contributed by atoms with Crippen molar-refractivity contribution in [3.05, 3.63) is 63.7 Å². The molecule has 3 N–H and O–H groups in total. The van der Waals surface area contributed by atoms with Crippen LogP contribution in [0, 0.1) is 10.1 Å². The Morgan fingerprint density at radius 2 is 1.96 bits per heavy atom. The first-order chi connectivity index (χ1) is 12.9. The van der Waals surface area contributed by atoms with Gasteiger partial charge in [0.15, 0.2) is 0 Å². The number of rotatable bonds is 9. The highest BCUT2D eigenvalue weighted by Gasteiger charge is 2.18. The summed E-state index contributed by atoms with van der Waals surface area (Å²) in [7, 11) is 0. The molecule has 0 aromatic heterocycles. The summed E-state index contributed by atoms with van der Waals surface area (Å²) >= 11 is 5.58. The van der Waals surface area contributed by atoms with E-state index in [0.29, 0.717) is 23.8 Å². The lowest BCUT2D eigenvalue weighted by Gasteiger charge is -2.13. The molecular weight excluding hydrogens is 376 g/mol. The van der Waals surface area contributed by atoms with Gasteiger partial charge in [0.05, 0.1) is 17.1 Å². The third-order valence-corrected chi connectivity index (χ3v) is 3.92. The first kappa shape index (κ1) is 20.5. The Morgan fingerprint density at radius 3 is 2.59 bits per heavy atom. The zero-order chi connectivity index (χ0) is 19.8. The fourth-order valence-corrected chi connectivity index (χ4v) is 2.30. The van der Waals surface area contributed by atoms with Crippen molar-refractivity contribution in [3.63, 3.8) is 0 Å². The number of ether oxygens (including phenoxy) is 2. The molecule has 144 valence electrons. The van der Waals surface area contributed by atoms with Gasteiger partial charge in [-0.3, -0.25) is 10.1 Å². The monoisotopic (exact) mass is 394 g/mol. The minimum Gasteiger partial charge on any atom is -0.494 e. The lowest BCUT2D eigenvalue weighted by molar-refractivity contribution is -0.384. The number of benzene rings is 2. The largest absolute Gasteiger partial charge is 0.494 e. The molecule has 9 heteroatoms. The summed E-state index contributed by atoms with van der Waals surface area (Å²) in [6, 6.07) is 10.2. The molecule has 2 aromatic rings. The maximum absolute atomic E-state index is 12.1. The maximum atomic E-state index is 12.1. The van der Waals surface area contributed by atoms with E-state index >= 15 is 0 Å². The Balaban J connectivity index is 1.95. The molecule has 27 heavy (non-hydrogen) atoms. The van der Waals surface area contributed by atoms with Crippen LogP contribution >= 0.6 is 11.6 Å². The zero-order valence-electron chi connectivity index (χ0n) is 14.3. The summed E-state index contributed by atoms with van der Waals surface area (Å²) < 4.78 is 10.5. The van der Waals surface area contributed by atoms with Crippen molar-refractivity contribution in [2.24, 2.45) is 0 Å². The number of esters is 1. The van der Waals surface area contributed by atoms with E-state index in [2.05, 4.69) is 0 Å². The van der Waals surface area contributed by atoms with Crippen LogP contribution in [0.15, 0.2) is 42.5 Å². The molecular formula is C18H19ClN2O6. The molecule has 0 fully saturated rings. The molecule has 0 saturated heterocycles. The summed E-state index contributed by atoms with van der Waals surface area (Å²) in [5.41, 5.74) is 5.85. The van der Waals surface area contributed by atoms with E-state index in [1.165, 1.54) is 12.1 Å². The molecule has 2 aromatic carbocycles. The van der Waals surface area contributed by atoms with E-state index in [1.807, 2.05) is 0 Å². The second-order valence-corrected chi connectivity index (χ2v) is 5.98. The number of hydrogen-bond acceptors (Lipinski definition) is 7. The van der Waals surface area contributed by atoms with Gasteiger partial charge in [-0.2, -0.15) is 0 Å². The average molecular weight is 395 g/mol. The zero-order valence-corrected chi connectivity index (χ0v) is 15.1. The average Bonchev–Trinajstić information content (AvgIpc) is 2.66. The van der Waals surface area contributed by atoms with Crippen LogP contribution < -0.4 is 10.5 Å². The third-order valence-electron chi connectivity index (χ3n) is 3.65. The number of non-ortho nitro benzene ring substituents is 1. The van der Waals surface area contributed by atoms with Gasteiger partial charge < -0.3 is 20.3 Å². The van der Waals surface area contributed by atoms with Gasteiger partial charge in [-0.15, -0.1) is 11.6 Å². The van der Waals surface area contributed by atoms with Crippen LogP contribution in [0.25, 0.3) is 0 Å². The number of nitrogen functional groups attached to an aromatic ring is 1. The van der Waals surface area contributed by atoms with Crippen LogP contribution in [0.2, 0.25) is 0 Å². The number of aliphatic hydroxyl groups excluding tert-OH is 1. The van der Waals surface area contributed by atoms with Crippen LogP contribution in [-0.4, -0.2) is 35.1 Å². The summed E-state index contributed by atoms with van der Waals surface area (Å²) in [5.74, 6) is 0.297. The molecule has 0 saturated carbocycles. The van der Waals surface area contributed by atoms with Gasteiger partial charge in [0.2, 0.25) is 0 Å². The second-order valence-electron chi connectivity index (χ2n) is 5.60. The standard InChI is InChI=1S/C18H19ClN2O6/c19-8-1-9-26-14-5-2-12(3-6-14)17(22)11-27-18(23)15-10-13(21(24)25)4-7-16(15)20/h2-7,10,17,22H,1,8-9,11,20H2. The van der Waals surface area contributed by atoms with E-state index in [0.717, 1.165) is 12.5 Å². The number of carbonyl (C=O) groups excluding carboxylic acids is 1. The highest BCUT2D eigenvalue weighted by molar-refractivity contribution is 6.17. The first-order valence-electron chi connectivity index (χ1n) is 8.10. The molecule has 1 unspecified atom stereocenters. The summed E-state index contributed by atoms with van der Waals surface area (Å²) in [5, 5.41) is 21.0. The molecule has 2 rings (SSSR count). The number of anilines is 1. The van der Waals surface area contributed by atoms with Crippen molar-refractivity contribution in [2.75, 3.05) is 24.8 Å². The topological polar surface area (TPSA) is 125 Å². The highest BCUT2D eigenvalue weighted by atomic mass is 35.5. The number of hydrogen-bond donors (Lipinski definition) is 2. The van der Waals surface area contributed by atoms with Gasteiger partial charge in [0, 0.05) is 23.7 Å². The fraction of sp³-hybridized carbons (Fsp3) is 0.278. The van der Waals surface area contributed by atoms with E-state index in [4.69, 9.17) is 26.8 Å². The van der Waals surface area contributed by atoms with Crippen LogP contribution in [-0.2, 0) is 4.74 Å². The number of aliphatic hydroxyl groups is 1. The normalized spacial score (nSPS) is 11.6. The lowest BCUT2D eigenvalue weighted by atomic mass is 10.1. The third kappa shape index (κ3) is 5.83. The van der Waals surface area contributed by atoms with Crippen molar-refractivity contribution in [1.29, 1.82) is 0 Å². The Hall–Kier alpha value is -2.84. The highest BCUT2D eigenvalue weighted by Crippen LogP contribution is 2.22. The molecule has 0 aliphatic heterocycles. The van der Waals surface area contributed by atoms with Crippen molar-refractivity contribution in [2.45, 2.75) is 12.5 Å². The summed E-state index contributed by atoms with van der Waals surface area (Å²) in [6.07, 6.45) is -0.339. The quantitative estimate of drug-likeness (QED) is 0.167. The molecule has 8 nitrogen and oxygen atoms in total. The van der Waals surface area contributed by atoms with Gasteiger partial charge in [-0.1, -0.05) is 12.1 Å². The minimum atomic E-state index is -1.06. The smallest absolute Gasteiger partial charge is 0.340 e. The van der Waals surface area contributed by atoms with Crippen molar-refractivity contribution in [1.82, 2.24) is 0 Å². The van der Waals surface area contributed by atoms with Gasteiger partial charge >= 0.3 is 5.97 Å². The first-order valence-corrected chi connectivity index (χ1v) is 8.63. The predicted octanol–water partition coefficient (Wildman–Crippen LogP) is 3.08. The van der Waals surface area contributed by atoms with E-state index < -0.39 is 17.0 Å². The van der Waals surface area contributed by atoms with Crippen LogP contribution in [0.1, 0.15) is 28.4 Å². The molecule has 0 aliphatic rings. The predicted molar refractivity (Wildman–Crippen MR) is 100 cm³/mol. The Morgan fingerprint density at radius 1 is 1.26 bits per heavy atom. The van der Waals surface area contributed by atoms with Crippen molar-refractivity contribution < 1.29 is 24.3 Å². The molecule has 0 radical (unpaired) electrons. The van der Waals surface area contributed by atoms with E-state index in [-0.39, 0.29) is 23.5 Å². The Bertz CT molecular complexity index is 797. The number of alkyl halides is 1. The lowest BCUT2D eigenvalue weighted by Crippen LogP contribution is -2.14. The molecule has 0 bridgehead atoms. The van der Waals surface area contributed by atoms with E-state index in [9.17, 15) is 20.0 Å². The van der Waals surface area contributed by atoms with Crippen molar-refractivity contribution >= 4 is 28.9 Å². The number of carbonyl (C=O) groups is 1. The SMILES string of the molecule is Nc1ccc([N+](=O)[O-])cc1C(=O)OCC(O)c1ccc(OCCCCl)cc1. The van der Waals surface area contributed by atoms with Crippen molar-refractivity contribution in [3.8, 4) is 5.75 Å². The molecule has 1 atom stereocenters. The molecule has 0 spiro atoms. The fourth-order valence-electron chi connectivity index (χ4n) is 2.19. The summed E-state index contributed by atoms with van der Waals surface area (Å²) in [6.45, 7) is 0.168. The van der Waals surface area contributed by atoms with Crippen LogP contribution in [0.4, 0.5) is 11.4 Å². The summed E-state index contributed by atoms with van der Waals surface area (Å²) in [4.78, 5) is 22.3. The maximum Gasteiger partial charge on any atom is 0.340 e. The van der Waals surface area contributed by atoms with Gasteiger partial charge in [-0.05, 0) is 30.2 Å². The van der Waals surface area contributed by atoms with Gasteiger partial charge in [-0.25, -0.2) is 4.79 Å². The Kier molecular flexibility index (Phi) is 7.39. The number of nitro groups is 1. The van der Waals surface area contributed by atoms with Crippen LogP contribution in [0.5, 0.6) is 5.75 Å². The molecule has 0 aliphatic carbocycles. The second kappa shape index (κ2) is 9.75. The minimum absolute atomic E-state index is 0.0542. The van der Waals surface area contributed by atoms with Gasteiger partial charge in [0.1, 0.15) is 18.5 Å². The number of nitro benzene ring substituents is 1. The van der Waals surface area contributed by atoms with Gasteiger partial charge in [0.25, 0.3) is 5.69 Å². The number of halogens is 1. The number of nitrogens with two attached hydrogens (primary N) is 1. The van der Waals surface area contributed by atoms with E-state index in [1.54, 1.807) is 24.3 Å². The molecule has 0 amide bonds. The molecule has 0 heterocycles. The Labute approximate surface area is 160 Å².